The van der Waals surface area contributed by atoms with Crippen molar-refractivity contribution in [3.05, 3.63) is 16.4 Å². The maximum atomic E-state index is 9.13. The fraction of sp³-hybridized carbons (Fsp3) is 0.667. The van der Waals surface area contributed by atoms with Gasteiger partial charge in [0.25, 0.3) is 0 Å². The van der Waals surface area contributed by atoms with Crippen LogP contribution in [0.4, 0.5) is 0 Å². The monoisotopic (exact) mass is 237 g/mol. The van der Waals surface area contributed by atoms with Crippen LogP contribution in [0.3, 0.4) is 0 Å². The molecule has 0 N–H and O–H groups in total. The van der Waals surface area contributed by atoms with Gasteiger partial charge >= 0.3 is 0 Å². The normalized spacial score (nSPS) is 15.4. The van der Waals surface area contributed by atoms with E-state index in [1.54, 1.807) is 0 Å². The molecular weight excluding hydrogens is 222 g/mol. The predicted molar refractivity (Wildman–Crippen MR) is 63.5 cm³/mol. The molecule has 0 saturated heterocycles. The Morgan fingerprint density at radius 2 is 2.12 bits per heavy atom. The fourth-order valence-corrected chi connectivity index (χ4v) is 2.37. The molecule has 0 radical (unpaired) electrons. The summed E-state index contributed by atoms with van der Waals surface area (Å²) in [4.78, 5) is 0. The van der Waals surface area contributed by atoms with Gasteiger partial charge in [0.2, 0.25) is 0 Å². The second-order valence-electron chi connectivity index (χ2n) is 4.35. The smallest absolute Gasteiger partial charge is 0.145 e. The minimum Gasteiger partial charge on any atom is -0.249 e. The lowest BCUT2D eigenvalue weighted by Crippen LogP contribution is -2.09. The second-order valence-corrected chi connectivity index (χ2v) is 4.71. The van der Waals surface area contributed by atoms with Crippen LogP contribution in [0.5, 0.6) is 0 Å². The summed E-state index contributed by atoms with van der Waals surface area (Å²) in [7, 11) is 0. The van der Waals surface area contributed by atoms with Crippen molar-refractivity contribution in [2.45, 2.75) is 51.5 Å². The van der Waals surface area contributed by atoms with E-state index in [0.29, 0.717) is 22.7 Å². The molecule has 86 valence electrons. The third kappa shape index (κ3) is 1.82. The summed E-state index contributed by atoms with van der Waals surface area (Å²) in [5, 5.41) is 14.2. The van der Waals surface area contributed by atoms with Crippen molar-refractivity contribution in [2.24, 2.45) is 0 Å². The Kier molecular flexibility index (Phi) is 3.20. The van der Waals surface area contributed by atoms with Gasteiger partial charge in [-0.3, -0.25) is 0 Å². The molecule has 1 aromatic rings. The first-order chi connectivity index (χ1) is 7.72. The number of nitriles is 1. The van der Waals surface area contributed by atoms with Crippen molar-refractivity contribution in [1.29, 1.82) is 5.26 Å². The molecule has 0 atom stereocenters. The molecule has 0 aliphatic heterocycles. The maximum absolute atomic E-state index is 9.13. The zero-order valence-electron chi connectivity index (χ0n) is 9.70. The highest BCUT2D eigenvalue weighted by Gasteiger charge is 2.32. The maximum Gasteiger partial charge on any atom is 0.145 e. The molecule has 0 spiro atoms. The molecule has 2 rings (SSSR count). The van der Waals surface area contributed by atoms with Gasteiger partial charge in [-0.25, -0.2) is 4.68 Å². The van der Waals surface area contributed by atoms with Gasteiger partial charge in [0, 0.05) is 5.92 Å². The molecule has 0 amide bonds. The van der Waals surface area contributed by atoms with E-state index in [9.17, 15) is 0 Å². The van der Waals surface area contributed by atoms with Crippen molar-refractivity contribution in [3.8, 4) is 6.07 Å². The van der Waals surface area contributed by atoms with Gasteiger partial charge in [-0.15, -0.1) is 0 Å². The van der Waals surface area contributed by atoms with Gasteiger partial charge in [0.15, 0.2) is 0 Å². The number of hydrogen-bond acceptors (Lipinski definition) is 2. The standard InChI is InChI=1S/C12H16ClN3/c1-3-9(4-2)16-12(13)10(7-14)11(15-16)8-5-6-8/h8-9H,3-6H2,1-2H3. The van der Waals surface area contributed by atoms with Crippen molar-refractivity contribution in [2.75, 3.05) is 0 Å². The topological polar surface area (TPSA) is 41.6 Å². The first kappa shape index (κ1) is 11.5. The molecule has 3 nitrogen and oxygen atoms in total. The molecule has 1 aliphatic carbocycles. The summed E-state index contributed by atoms with van der Waals surface area (Å²) in [5.74, 6) is 0.475. The van der Waals surface area contributed by atoms with Crippen molar-refractivity contribution in [3.63, 3.8) is 0 Å². The van der Waals surface area contributed by atoms with E-state index in [1.165, 1.54) is 0 Å². The van der Waals surface area contributed by atoms with E-state index in [4.69, 9.17) is 16.9 Å². The number of nitrogens with zero attached hydrogens (tertiary/aromatic N) is 3. The minimum atomic E-state index is 0.312. The molecule has 0 unspecified atom stereocenters. The summed E-state index contributed by atoms with van der Waals surface area (Å²) in [6.07, 6.45) is 4.27. The Morgan fingerprint density at radius 1 is 1.50 bits per heavy atom. The quantitative estimate of drug-likeness (QED) is 0.802. The minimum absolute atomic E-state index is 0.312. The molecule has 1 aromatic heterocycles. The molecular formula is C12H16ClN3. The highest BCUT2D eigenvalue weighted by Crippen LogP contribution is 2.43. The highest BCUT2D eigenvalue weighted by molar-refractivity contribution is 6.30. The SMILES string of the molecule is CCC(CC)n1nc(C2CC2)c(C#N)c1Cl. The summed E-state index contributed by atoms with van der Waals surface area (Å²) in [6.45, 7) is 4.24. The van der Waals surface area contributed by atoms with Crippen LogP contribution in [0.15, 0.2) is 0 Å². The average molecular weight is 238 g/mol. The van der Waals surface area contributed by atoms with Gasteiger partial charge < -0.3 is 0 Å². The van der Waals surface area contributed by atoms with Crippen LogP contribution in [-0.2, 0) is 0 Å². The molecule has 1 aliphatic rings. The predicted octanol–water partition coefficient (Wildman–Crippen LogP) is 3.65. The van der Waals surface area contributed by atoms with E-state index in [-0.39, 0.29) is 0 Å². The van der Waals surface area contributed by atoms with Crippen LogP contribution in [-0.4, -0.2) is 9.78 Å². The Morgan fingerprint density at radius 3 is 2.56 bits per heavy atom. The van der Waals surface area contributed by atoms with E-state index in [2.05, 4.69) is 25.0 Å². The molecule has 0 bridgehead atoms. The highest BCUT2D eigenvalue weighted by atomic mass is 35.5. The van der Waals surface area contributed by atoms with Crippen LogP contribution in [0, 0.1) is 11.3 Å². The van der Waals surface area contributed by atoms with Gasteiger partial charge in [-0.2, -0.15) is 10.4 Å². The molecule has 16 heavy (non-hydrogen) atoms. The zero-order valence-corrected chi connectivity index (χ0v) is 10.5. The second kappa shape index (κ2) is 4.47. The number of aromatic nitrogens is 2. The molecule has 1 saturated carbocycles. The largest absolute Gasteiger partial charge is 0.249 e. The number of halogens is 1. The lowest BCUT2D eigenvalue weighted by molar-refractivity contribution is 0.426. The van der Waals surface area contributed by atoms with E-state index in [1.807, 2.05) is 4.68 Å². The first-order valence-electron chi connectivity index (χ1n) is 5.90. The van der Waals surface area contributed by atoms with Gasteiger partial charge in [0.05, 0.1) is 11.7 Å². The van der Waals surface area contributed by atoms with Gasteiger partial charge in [0.1, 0.15) is 16.8 Å². The molecule has 4 heteroatoms. The summed E-state index contributed by atoms with van der Waals surface area (Å²) in [5.41, 5.74) is 1.51. The van der Waals surface area contributed by atoms with Crippen molar-refractivity contribution < 1.29 is 0 Å². The summed E-state index contributed by atoms with van der Waals surface area (Å²) in [6, 6.07) is 2.51. The lowest BCUT2D eigenvalue weighted by atomic mass is 10.2. The molecule has 0 aromatic carbocycles. The first-order valence-corrected chi connectivity index (χ1v) is 6.28. The van der Waals surface area contributed by atoms with E-state index >= 15 is 0 Å². The number of rotatable bonds is 4. The molecule has 1 heterocycles. The average Bonchev–Trinajstić information content (AvgIpc) is 3.07. The van der Waals surface area contributed by atoms with E-state index in [0.717, 1.165) is 31.4 Å². The Balaban J connectivity index is 2.43. The van der Waals surface area contributed by atoms with Crippen molar-refractivity contribution >= 4 is 11.6 Å². The Hall–Kier alpha value is -1.01. The molecule has 1 fully saturated rings. The zero-order chi connectivity index (χ0) is 11.7. The van der Waals surface area contributed by atoms with Crippen molar-refractivity contribution in [1.82, 2.24) is 9.78 Å². The lowest BCUT2D eigenvalue weighted by Gasteiger charge is -2.13. The summed E-state index contributed by atoms with van der Waals surface area (Å²) >= 11 is 6.23. The fourth-order valence-electron chi connectivity index (χ4n) is 2.05. The third-order valence-electron chi connectivity index (χ3n) is 3.24. The summed E-state index contributed by atoms with van der Waals surface area (Å²) < 4.78 is 1.84. The van der Waals surface area contributed by atoms with Crippen LogP contribution < -0.4 is 0 Å². The van der Waals surface area contributed by atoms with Crippen LogP contribution >= 0.6 is 11.6 Å². The Bertz CT molecular complexity index is 422. The van der Waals surface area contributed by atoms with Gasteiger partial charge in [-0.1, -0.05) is 25.4 Å². The van der Waals surface area contributed by atoms with Gasteiger partial charge in [-0.05, 0) is 25.7 Å². The van der Waals surface area contributed by atoms with Crippen LogP contribution in [0.1, 0.15) is 62.7 Å². The van der Waals surface area contributed by atoms with Crippen LogP contribution in [0.25, 0.3) is 0 Å². The third-order valence-corrected chi connectivity index (χ3v) is 3.61. The Labute approximate surface area is 101 Å². The van der Waals surface area contributed by atoms with Crippen LogP contribution in [0.2, 0.25) is 5.15 Å². The van der Waals surface area contributed by atoms with E-state index < -0.39 is 0 Å². The number of hydrogen-bond donors (Lipinski definition) is 0.